The van der Waals surface area contributed by atoms with E-state index in [9.17, 15) is 31.1 Å². The molecule has 3 aromatic rings. The molecule has 0 unspecified atom stereocenters. The summed E-state index contributed by atoms with van der Waals surface area (Å²) >= 11 is 0. The standard InChI is InChI=1S/C18H13F6N5O2/c1-9-3-4-10(7-12(9)17(19,20)21)26-16(30)11-8-25-29(15(11)18(22,23)24)13-5-6-14(31-2)28-27-13/h3-8H,1-2H3,(H,26,30). The summed E-state index contributed by atoms with van der Waals surface area (Å²) in [4.78, 5) is 12.5. The van der Waals surface area contributed by atoms with E-state index in [1.807, 2.05) is 5.32 Å². The number of alkyl halides is 6. The lowest BCUT2D eigenvalue weighted by Gasteiger charge is -2.14. The molecule has 1 N–H and O–H groups in total. The van der Waals surface area contributed by atoms with Crippen molar-refractivity contribution in [2.45, 2.75) is 19.3 Å². The van der Waals surface area contributed by atoms with Crippen LogP contribution in [-0.4, -0.2) is 33.0 Å². The highest BCUT2D eigenvalue weighted by Gasteiger charge is 2.41. The fourth-order valence-corrected chi connectivity index (χ4v) is 2.70. The predicted molar refractivity (Wildman–Crippen MR) is 94.8 cm³/mol. The molecule has 164 valence electrons. The number of carbonyl (C=O) groups excluding carboxylic acids is 1. The van der Waals surface area contributed by atoms with E-state index in [2.05, 4.69) is 15.3 Å². The third-order valence-electron chi connectivity index (χ3n) is 4.14. The number of nitrogens with one attached hydrogen (secondary N) is 1. The minimum absolute atomic E-state index is 0.0438. The third-order valence-corrected chi connectivity index (χ3v) is 4.14. The quantitative estimate of drug-likeness (QED) is 0.607. The number of ether oxygens (including phenoxy) is 1. The normalized spacial score (nSPS) is 12.0. The molecule has 7 nitrogen and oxygen atoms in total. The number of methoxy groups -OCH3 is 1. The fourth-order valence-electron chi connectivity index (χ4n) is 2.70. The topological polar surface area (TPSA) is 81.9 Å². The number of halogens is 6. The maximum absolute atomic E-state index is 13.7. The van der Waals surface area contributed by atoms with Gasteiger partial charge >= 0.3 is 12.4 Å². The number of nitrogens with zero attached hydrogens (tertiary/aromatic N) is 4. The molecule has 3 rings (SSSR count). The van der Waals surface area contributed by atoms with Crippen LogP contribution < -0.4 is 10.1 Å². The number of hydrogen-bond donors (Lipinski definition) is 1. The van der Waals surface area contributed by atoms with E-state index in [1.165, 1.54) is 20.1 Å². The van der Waals surface area contributed by atoms with E-state index in [-0.39, 0.29) is 22.9 Å². The van der Waals surface area contributed by atoms with E-state index in [1.54, 1.807) is 0 Å². The Bertz CT molecular complexity index is 1110. The molecule has 1 aromatic carbocycles. The van der Waals surface area contributed by atoms with Crippen molar-refractivity contribution in [1.82, 2.24) is 20.0 Å². The number of hydrogen-bond acceptors (Lipinski definition) is 5. The number of rotatable bonds is 4. The number of anilines is 1. The maximum Gasteiger partial charge on any atom is 0.434 e. The van der Waals surface area contributed by atoms with Crippen molar-refractivity contribution in [3.05, 3.63) is 58.9 Å². The lowest BCUT2D eigenvalue weighted by molar-refractivity contribution is -0.143. The summed E-state index contributed by atoms with van der Waals surface area (Å²) < 4.78 is 85.4. The van der Waals surface area contributed by atoms with Crippen molar-refractivity contribution in [2.24, 2.45) is 0 Å². The van der Waals surface area contributed by atoms with Gasteiger partial charge in [0.15, 0.2) is 11.5 Å². The first-order valence-corrected chi connectivity index (χ1v) is 8.44. The Morgan fingerprint density at radius 1 is 1.03 bits per heavy atom. The fraction of sp³-hybridized carbons (Fsp3) is 0.222. The number of carbonyl (C=O) groups is 1. The molecule has 0 saturated heterocycles. The van der Waals surface area contributed by atoms with Gasteiger partial charge in [0.1, 0.15) is 0 Å². The van der Waals surface area contributed by atoms with Crippen LogP contribution in [0.5, 0.6) is 5.88 Å². The van der Waals surface area contributed by atoms with Crippen LogP contribution in [0.3, 0.4) is 0 Å². The molecular weight excluding hydrogens is 432 g/mol. The molecule has 0 aliphatic carbocycles. The average molecular weight is 445 g/mol. The number of benzene rings is 1. The van der Waals surface area contributed by atoms with Crippen LogP contribution in [-0.2, 0) is 12.4 Å². The Hall–Kier alpha value is -3.64. The average Bonchev–Trinajstić information content (AvgIpc) is 3.14. The van der Waals surface area contributed by atoms with Gasteiger partial charge in [-0.1, -0.05) is 6.07 Å². The zero-order valence-corrected chi connectivity index (χ0v) is 15.8. The highest BCUT2D eigenvalue weighted by Crippen LogP contribution is 2.35. The molecular formula is C18H13F6N5O2. The largest absolute Gasteiger partial charge is 0.480 e. The first kappa shape index (κ1) is 22.1. The molecule has 0 atom stereocenters. The molecule has 0 radical (unpaired) electrons. The second kappa shape index (κ2) is 7.89. The molecule has 1 amide bonds. The molecule has 2 aromatic heterocycles. The summed E-state index contributed by atoms with van der Waals surface area (Å²) in [6.07, 6.45) is -9.09. The highest BCUT2D eigenvalue weighted by atomic mass is 19.4. The Kier molecular flexibility index (Phi) is 5.61. The van der Waals surface area contributed by atoms with Gasteiger partial charge in [-0.3, -0.25) is 4.79 Å². The van der Waals surface area contributed by atoms with Crippen molar-refractivity contribution < 1.29 is 35.9 Å². The van der Waals surface area contributed by atoms with Gasteiger partial charge < -0.3 is 10.1 Å². The molecule has 0 spiro atoms. The van der Waals surface area contributed by atoms with Crippen molar-refractivity contribution >= 4 is 11.6 Å². The second-order valence-corrected chi connectivity index (χ2v) is 6.23. The summed E-state index contributed by atoms with van der Waals surface area (Å²) in [7, 11) is 1.29. The van der Waals surface area contributed by atoms with Crippen molar-refractivity contribution in [2.75, 3.05) is 12.4 Å². The molecule has 31 heavy (non-hydrogen) atoms. The SMILES string of the molecule is COc1ccc(-n2ncc(C(=O)Nc3ccc(C)c(C(F)(F)F)c3)c2C(F)(F)F)nn1. The summed E-state index contributed by atoms with van der Waals surface area (Å²) in [6.45, 7) is 1.22. The predicted octanol–water partition coefficient (Wildman–Crippen LogP) is 4.27. The van der Waals surface area contributed by atoms with Crippen LogP contribution in [0.2, 0.25) is 0 Å². The van der Waals surface area contributed by atoms with E-state index in [4.69, 9.17) is 4.74 Å². The third kappa shape index (κ3) is 4.59. The van der Waals surface area contributed by atoms with Crippen LogP contribution in [0, 0.1) is 6.92 Å². The molecule has 13 heteroatoms. The van der Waals surface area contributed by atoms with Crippen molar-refractivity contribution in [3.8, 4) is 11.7 Å². The zero-order chi connectivity index (χ0) is 23.0. The molecule has 0 aliphatic rings. The summed E-state index contributed by atoms with van der Waals surface area (Å²) in [5.41, 5.74) is -3.82. The Labute approximate surface area is 170 Å². The van der Waals surface area contributed by atoms with E-state index in [0.717, 1.165) is 18.2 Å². The summed E-state index contributed by atoms with van der Waals surface area (Å²) in [5, 5.41) is 12.7. The zero-order valence-electron chi connectivity index (χ0n) is 15.8. The minimum Gasteiger partial charge on any atom is -0.480 e. The van der Waals surface area contributed by atoms with Crippen LogP contribution >= 0.6 is 0 Å². The first-order valence-electron chi connectivity index (χ1n) is 8.44. The van der Waals surface area contributed by atoms with Gasteiger partial charge in [0.2, 0.25) is 5.88 Å². The molecule has 0 fully saturated rings. The van der Waals surface area contributed by atoms with E-state index >= 15 is 0 Å². The summed E-state index contributed by atoms with van der Waals surface area (Å²) in [5.74, 6) is -1.60. The van der Waals surface area contributed by atoms with Gasteiger partial charge in [-0.2, -0.15) is 31.4 Å². The summed E-state index contributed by atoms with van der Waals surface area (Å²) in [6, 6.07) is 5.27. The van der Waals surface area contributed by atoms with E-state index in [0.29, 0.717) is 16.9 Å². The Morgan fingerprint density at radius 3 is 2.29 bits per heavy atom. The van der Waals surface area contributed by atoms with Gasteiger partial charge in [-0.05, 0) is 30.7 Å². The van der Waals surface area contributed by atoms with E-state index < -0.39 is 35.1 Å². The lowest BCUT2D eigenvalue weighted by Crippen LogP contribution is -2.21. The second-order valence-electron chi connectivity index (χ2n) is 6.23. The number of aromatic nitrogens is 4. The number of amides is 1. The Balaban J connectivity index is 1.99. The maximum atomic E-state index is 13.7. The van der Waals surface area contributed by atoms with Gasteiger partial charge in [0, 0.05) is 11.8 Å². The smallest absolute Gasteiger partial charge is 0.434 e. The van der Waals surface area contributed by atoms with Crippen LogP contribution in [0.1, 0.15) is 27.2 Å². The van der Waals surface area contributed by atoms with Gasteiger partial charge in [0.25, 0.3) is 5.91 Å². The van der Waals surface area contributed by atoms with Crippen LogP contribution in [0.25, 0.3) is 5.82 Å². The molecule has 0 aliphatic heterocycles. The monoisotopic (exact) mass is 445 g/mol. The number of aryl methyl sites for hydroxylation is 1. The van der Waals surface area contributed by atoms with Crippen LogP contribution in [0.15, 0.2) is 36.5 Å². The van der Waals surface area contributed by atoms with Gasteiger partial charge in [-0.15, -0.1) is 10.2 Å². The Morgan fingerprint density at radius 2 is 1.74 bits per heavy atom. The minimum atomic E-state index is -5.03. The van der Waals surface area contributed by atoms with Crippen LogP contribution in [0.4, 0.5) is 32.0 Å². The van der Waals surface area contributed by atoms with Gasteiger partial charge in [0.05, 0.1) is 24.4 Å². The van der Waals surface area contributed by atoms with Crippen molar-refractivity contribution in [1.29, 1.82) is 0 Å². The van der Waals surface area contributed by atoms with Crippen molar-refractivity contribution in [3.63, 3.8) is 0 Å². The lowest BCUT2D eigenvalue weighted by atomic mass is 10.1. The first-order chi connectivity index (χ1) is 14.4. The van der Waals surface area contributed by atoms with Gasteiger partial charge in [-0.25, -0.2) is 4.68 Å². The molecule has 2 heterocycles. The highest BCUT2D eigenvalue weighted by molar-refractivity contribution is 6.05. The molecule has 0 saturated carbocycles. The molecule has 0 bridgehead atoms.